The fraction of sp³-hybridized carbons (Fsp3) is 0.444. The normalized spacial score (nSPS) is 17.4. The lowest BCUT2D eigenvalue weighted by molar-refractivity contribution is 0.535. The number of rotatable bonds is 2. The molecular weight excluding hydrogens is 270 g/mol. The molecule has 0 aromatic carbocycles. The minimum atomic E-state index is -0.311. The van der Waals surface area contributed by atoms with Crippen LogP contribution >= 0.6 is 28.3 Å². The molecule has 2 N–H and O–H groups in total. The number of halogens is 3. The van der Waals surface area contributed by atoms with Crippen molar-refractivity contribution in [3.63, 3.8) is 0 Å². The predicted molar refractivity (Wildman–Crippen MR) is 58.8 cm³/mol. The topological polar surface area (TPSA) is 38.9 Å². The van der Waals surface area contributed by atoms with Gasteiger partial charge in [0, 0.05) is 10.7 Å². The second-order valence-electron chi connectivity index (χ2n) is 3.38. The van der Waals surface area contributed by atoms with Gasteiger partial charge in [0.15, 0.2) is 0 Å². The zero-order chi connectivity index (χ0) is 9.42. The van der Waals surface area contributed by atoms with Gasteiger partial charge in [-0.15, -0.1) is 12.4 Å². The molecule has 1 aromatic heterocycles. The van der Waals surface area contributed by atoms with Gasteiger partial charge in [0.2, 0.25) is 0 Å². The highest BCUT2D eigenvalue weighted by molar-refractivity contribution is 9.10. The second-order valence-corrected chi connectivity index (χ2v) is 4.30. The summed E-state index contributed by atoms with van der Waals surface area (Å²) in [6, 6.07) is 1.18. The first-order valence-electron chi connectivity index (χ1n) is 4.25. The summed E-state index contributed by atoms with van der Waals surface area (Å²) in [5, 5.41) is 0. The Labute approximate surface area is 96.6 Å². The van der Waals surface area contributed by atoms with E-state index >= 15 is 0 Å². The van der Waals surface area contributed by atoms with E-state index in [1.54, 1.807) is 6.20 Å². The molecule has 14 heavy (non-hydrogen) atoms. The quantitative estimate of drug-likeness (QED) is 0.905. The third-order valence-corrected chi connectivity index (χ3v) is 2.72. The summed E-state index contributed by atoms with van der Waals surface area (Å²) < 4.78 is 14.0. The Bertz CT molecular complexity index is 331. The Morgan fingerprint density at radius 3 is 2.71 bits per heavy atom. The number of pyridine rings is 1. The first kappa shape index (κ1) is 11.9. The van der Waals surface area contributed by atoms with Gasteiger partial charge in [-0.2, -0.15) is 0 Å². The number of nitrogens with zero attached hydrogens (tertiary/aromatic N) is 1. The molecule has 1 atom stereocenters. The van der Waals surface area contributed by atoms with E-state index < -0.39 is 0 Å². The lowest BCUT2D eigenvalue weighted by atomic mass is 10.1. The van der Waals surface area contributed by atoms with Gasteiger partial charge in [0.05, 0.1) is 11.7 Å². The first-order chi connectivity index (χ1) is 6.18. The van der Waals surface area contributed by atoms with E-state index in [2.05, 4.69) is 20.9 Å². The van der Waals surface area contributed by atoms with Gasteiger partial charge in [-0.1, -0.05) is 0 Å². The van der Waals surface area contributed by atoms with Crippen LogP contribution in [0.1, 0.15) is 24.6 Å². The lowest BCUT2D eigenvalue weighted by Gasteiger charge is -2.10. The Kier molecular flexibility index (Phi) is 3.86. The molecule has 78 valence electrons. The van der Waals surface area contributed by atoms with E-state index in [-0.39, 0.29) is 24.3 Å². The van der Waals surface area contributed by atoms with Crippen LogP contribution in [-0.4, -0.2) is 4.98 Å². The molecule has 0 radical (unpaired) electrons. The van der Waals surface area contributed by atoms with Gasteiger partial charge in [0.25, 0.3) is 0 Å². The fourth-order valence-corrected chi connectivity index (χ4v) is 1.65. The summed E-state index contributed by atoms with van der Waals surface area (Å²) in [6.45, 7) is 0. The average Bonchev–Trinajstić information content (AvgIpc) is 2.85. The molecule has 1 aliphatic rings. The highest BCUT2D eigenvalue weighted by Crippen LogP contribution is 2.39. The van der Waals surface area contributed by atoms with Gasteiger partial charge in [-0.3, -0.25) is 4.98 Å². The number of aromatic nitrogens is 1. The maximum atomic E-state index is 13.3. The molecule has 2 rings (SSSR count). The SMILES string of the molecule is Cl.N[C@@H](c1ncc(Br)cc1F)C1CC1. The van der Waals surface area contributed by atoms with Crippen molar-refractivity contribution in [2.24, 2.45) is 11.7 Å². The van der Waals surface area contributed by atoms with Crippen LogP contribution in [0.2, 0.25) is 0 Å². The summed E-state index contributed by atoms with van der Waals surface area (Å²) in [4.78, 5) is 3.99. The summed E-state index contributed by atoms with van der Waals surface area (Å²) in [6.07, 6.45) is 3.78. The third-order valence-electron chi connectivity index (χ3n) is 2.28. The molecule has 5 heteroatoms. The molecular formula is C9H11BrClFN2. The fourth-order valence-electron chi connectivity index (χ4n) is 1.35. The molecule has 1 aliphatic carbocycles. The molecule has 1 heterocycles. The van der Waals surface area contributed by atoms with Crippen LogP contribution in [0.3, 0.4) is 0 Å². The van der Waals surface area contributed by atoms with Crippen LogP contribution in [0.15, 0.2) is 16.7 Å². The maximum Gasteiger partial charge on any atom is 0.147 e. The zero-order valence-corrected chi connectivity index (χ0v) is 9.81. The van der Waals surface area contributed by atoms with Crippen molar-refractivity contribution in [2.75, 3.05) is 0 Å². The van der Waals surface area contributed by atoms with E-state index in [0.717, 1.165) is 12.8 Å². The molecule has 0 bridgehead atoms. The first-order valence-corrected chi connectivity index (χ1v) is 5.04. The van der Waals surface area contributed by atoms with E-state index in [1.807, 2.05) is 0 Å². The van der Waals surface area contributed by atoms with E-state index in [1.165, 1.54) is 6.07 Å². The number of hydrogen-bond acceptors (Lipinski definition) is 2. The molecule has 0 aliphatic heterocycles. The lowest BCUT2D eigenvalue weighted by Crippen LogP contribution is -2.15. The minimum absolute atomic E-state index is 0. The van der Waals surface area contributed by atoms with Crippen LogP contribution in [0.25, 0.3) is 0 Å². The van der Waals surface area contributed by atoms with Crippen molar-refractivity contribution in [2.45, 2.75) is 18.9 Å². The molecule has 2 nitrogen and oxygen atoms in total. The zero-order valence-electron chi connectivity index (χ0n) is 7.41. The van der Waals surface area contributed by atoms with Crippen molar-refractivity contribution in [3.8, 4) is 0 Å². The number of hydrogen-bond donors (Lipinski definition) is 1. The van der Waals surface area contributed by atoms with Gasteiger partial charge >= 0.3 is 0 Å². The second kappa shape index (κ2) is 4.55. The molecule has 0 spiro atoms. The Morgan fingerprint density at radius 1 is 1.57 bits per heavy atom. The minimum Gasteiger partial charge on any atom is -0.322 e. The summed E-state index contributed by atoms with van der Waals surface area (Å²) in [5.74, 6) is 0.122. The van der Waals surface area contributed by atoms with Gasteiger partial charge in [0.1, 0.15) is 5.82 Å². The van der Waals surface area contributed by atoms with Gasteiger partial charge in [-0.05, 0) is 40.8 Å². The van der Waals surface area contributed by atoms with E-state index in [0.29, 0.717) is 16.1 Å². The van der Waals surface area contributed by atoms with Crippen LogP contribution in [0, 0.1) is 11.7 Å². The summed E-state index contributed by atoms with van der Waals surface area (Å²) >= 11 is 3.15. The summed E-state index contributed by atoms with van der Waals surface area (Å²) in [7, 11) is 0. The molecule has 1 aromatic rings. The van der Waals surface area contributed by atoms with Crippen molar-refractivity contribution in [3.05, 3.63) is 28.2 Å². The molecule has 1 saturated carbocycles. The molecule has 0 saturated heterocycles. The third kappa shape index (κ3) is 2.43. The smallest absolute Gasteiger partial charge is 0.147 e. The highest BCUT2D eigenvalue weighted by Gasteiger charge is 2.31. The van der Waals surface area contributed by atoms with Crippen molar-refractivity contribution < 1.29 is 4.39 Å². The van der Waals surface area contributed by atoms with Crippen LogP contribution in [-0.2, 0) is 0 Å². The van der Waals surface area contributed by atoms with Crippen molar-refractivity contribution in [1.29, 1.82) is 0 Å². The Morgan fingerprint density at radius 2 is 2.21 bits per heavy atom. The average molecular weight is 282 g/mol. The van der Waals surface area contributed by atoms with Crippen LogP contribution in [0.5, 0.6) is 0 Å². The predicted octanol–water partition coefficient (Wildman–Crippen LogP) is 2.81. The van der Waals surface area contributed by atoms with Crippen molar-refractivity contribution >= 4 is 28.3 Å². The Hall–Kier alpha value is -0.190. The standard InChI is InChI=1S/C9H10BrFN2.ClH/c10-6-3-7(11)9(13-4-6)8(12)5-1-2-5;/h3-5,8H,1-2,12H2;1H/t8-;/m1./s1. The van der Waals surface area contributed by atoms with E-state index in [4.69, 9.17) is 5.73 Å². The molecule has 1 fully saturated rings. The number of nitrogens with two attached hydrogens (primary N) is 1. The van der Waals surface area contributed by atoms with Crippen LogP contribution < -0.4 is 5.73 Å². The molecule has 0 amide bonds. The Balaban J connectivity index is 0.000000980. The van der Waals surface area contributed by atoms with Gasteiger partial charge in [-0.25, -0.2) is 4.39 Å². The largest absolute Gasteiger partial charge is 0.322 e. The van der Waals surface area contributed by atoms with Crippen LogP contribution in [0.4, 0.5) is 4.39 Å². The monoisotopic (exact) mass is 280 g/mol. The van der Waals surface area contributed by atoms with E-state index in [9.17, 15) is 4.39 Å². The highest BCUT2D eigenvalue weighted by atomic mass is 79.9. The maximum absolute atomic E-state index is 13.3. The van der Waals surface area contributed by atoms with Gasteiger partial charge < -0.3 is 5.73 Å². The van der Waals surface area contributed by atoms with Crippen molar-refractivity contribution in [1.82, 2.24) is 4.98 Å². The summed E-state index contributed by atoms with van der Waals surface area (Å²) in [5.41, 5.74) is 6.23. The molecule has 0 unspecified atom stereocenters.